The molecule has 174 valence electrons. The summed E-state index contributed by atoms with van der Waals surface area (Å²) in [6.07, 6.45) is 0. The van der Waals surface area contributed by atoms with E-state index in [-0.39, 0.29) is 18.0 Å². The summed E-state index contributed by atoms with van der Waals surface area (Å²) in [5.74, 6) is -0.234. The van der Waals surface area contributed by atoms with Crippen molar-refractivity contribution in [2.45, 2.75) is 26.9 Å². The highest BCUT2D eigenvalue weighted by Gasteiger charge is 2.21. The zero-order valence-electron chi connectivity index (χ0n) is 19.7. The average Bonchev–Trinajstić information content (AvgIpc) is 3.23. The van der Waals surface area contributed by atoms with Gasteiger partial charge in [-0.3, -0.25) is 14.2 Å². The molecule has 0 saturated carbocycles. The lowest BCUT2D eigenvalue weighted by Crippen LogP contribution is -2.33. The lowest BCUT2D eigenvalue weighted by molar-refractivity contribution is -0.121. The fraction of sp³-hybridized carbons (Fsp3) is 0.138. The first-order valence-corrected chi connectivity index (χ1v) is 11.6. The highest BCUT2D eigenvalue weighted by molar-refractivity contribution is 5.96. The standard InChI is InChI=1S/C29H26N4O2/c1-20-11-9-10-14-23(20)18-30-26(34)19-32-27(35)17-25(22-12-5-3-6-13-22)28-21(2)31-33(29(28)32)24-15-7-4-8-16-24/h3-17H,18-19H2,1-2H3,(H,30,34). The van der Waals surface area contributed by atoms with Crippen LogP contribution in [0.1, 0.15) is 16.8 Å². The number of fused-ring (bicyclic) bond motifs is 1. The lowest BCUT2D eigenvalue weighted by Gasteiger charge is -2.14. The van der Waals surface area contributed by atoms with Crippen LogP contribution in [0.15, 0.2) is 95.8 Å². The van der Waals surface area contributed by atoms with E-state index < -0.39 is 0 Å². The Bertz CT molecular complexity index is 1570. The summed E-state index contributed by atoms with van der Waals surface area (Å²) in [6.45, 7) is 4.25. The van der Waals surface area contributed by atoms with Gasteiger partial charge in [0.05, 0.1) is 11.4 Å². The fourth-order valence-corrected chi connectivity index (χ4v) is 4.41. The molecule has 0 spiro atoms. The smallest absolute Gasteiger partial charge is 0.253 e. The van der Waals surface area contributed by atoms with E-state index in [2.05, 4.69) is 5.32 Å². The van der Waals surface area contributed by atoms with Gasteiger partial charge in [0, 0.05) is 18.0 Å². The van der Waals surface area contributed by atoms with Crippen molar-refractivity contribution in [2.24, 2.45) is 0 Å². The Morgan fingerprint density at radius 1 is 0.886 bits per heavy atom. The van der Waals surface area contributed by atoms with Gasteiger partial charge in [-0.15, -0.1) is 0 Å². The first kappa shape index (κ1) is 22.3. The second kappa shape index (κ2) is 9.43. The van der Waals surface area contributed by atoms with Crippen LogP contribution in [0.5, 0.6) is 0 Å². The molecule has 1 amide bonds. The summed E-state index contributed by atoms with van der Waals surface area (Å²) >= 11 is 0. The number of amides is 1. The molecule has 0 atom stereocenters. The van der Waals surface area contributed by atoms with Crippen LogP contribution in [0.3, 0.4) is 0 Å². The summed E-state index contributed by atoms with van der Waals surface area (Å²) in [6, 6.07) is 29.0. The van der Waals surface area contributed by atoms with Gasteiger partial charge in [-0.2, -0.15) is 5.10 Å². The van der Waals surface area contributed by atoms with E-state index in [1.165, 1.54) is 4.57 Å². The molecule has 1 N–H and O–H groups in total. The number of carbonyl (C=O) groups is 1. The van der Waals surface area contributed by atoms with E-state index in [0.29, 0.717) is 12.2 Å². The molecular formula is C29H26N4O2. The van der Waals surface area contributed by atoms with Crippen molar-refractivity contribution in [1.82, 2.24) is 19.7 Å². The van der Waals surface area contributed by atoms with Crippen molar-refractivity contribution >= 4 is 16.9 Å². The molecule has 0 unspecified atom stereocenters. The number of rotatable bonds is 6. The van der Waals surface area contributed by atoms with E-state index in [1.54, 1.807) is 10.7 Å². The molecule has 0 saturated heterocycles. The number of hydrogen-bond donors (Lipinski definition) is 1. The number of nitrogens with one attached hydrogen (secondary N) is 1. The first-order valence-electron chi connectivity index (χ1n) is 11.6. The fourth-order valence-electron chi connectivity index (χ4n) is 4.41. The average molecular weight is 463 g/mol. The van der Waals surface area contributed by atoms with E-state index in [1.807, 2.05) is 98.8 Å². The van der Waals surface area contributed by atoms with Crippen molar-refractivity contribution in [3.63, 3.8) is 0 Å². The molecular weight excluding hydrogens is 436 g/mol. The number of pyridine rings is 1. The number of hydrogen-bond acceptors (Lipinski definition) is 3. The minimum Gasteiger partial charge on any atom is -0.350 e. The summed E-state index contributed by atoms with van der Waals surface area (Å²) in [5, 5.41) is 8.60. The Morgan fingerprint density at radius 3 is 2.26 bits per heavy atom. The second-order valence-electron chi connectivity index (χ2n) is 8.58. The molecule has 0 aliphatic carbocycles. The van der Waals surface area contributed by atoms with Gasteiger partial charge >= 0.3 is 0 Å². The van der Waals surface area contributed by atoms with E-state index in [4.69, 9.17) is 5.10 Å². The van der Waals surface area contributed by atoms with Gasteiger partial charge < -0.3 is 5.32 Å². The second-order valence-corrected chi connectivity index (χ2v) is 8.58. The third-order valence-corrected chi connectivity index (χ3v) is 6.22. The van der Waals surface area contributed by atoms with Crippen molar-refractivity contribution in [3.8, 4) is 16.8 Å². The minimum absolute atomic E-state index is 0.103. The third kappa shape index (κ3) is 4.38. The van der Waals surface area contributed by atoms with E-state index >= 15 is 0 Å². The van der Waals surface area contributed by atoms with E-state index in [0.717, 1.165) is 39.0 Å². The number of carbonyl (C=O) groups excluding carboxylic acids is 1. The van der Waals surface area contributed by atoms with Crippen LogP contribution in [-0.4, -0.2) is 20.3 Å². The number of aryl methyl sites for hydroxylation is 2. The third-order valence-electron chi connectivity index (χ3n) is 6.22. The Kier molecular flexibility index (Phi) is 6.02. The maximum atomic E-state index is 13.4. The number of para-hydroxylation sites is 1. The van der Waals surface area contributed by atoms with Crippen LogP contribution in [0.4, 0.5) is 0 Å². The predicted molar refractivity (Wildman–Crippen MR) is 139 cm³/mol. The van der Waals surface area contributed by atoms with Crippen LogP contribution in [0.25, 0.3) is 27.8 Å². The maximum absolute atomic E-state index is 13.4. The molecule has 5 rings (SSSR count). The SMILES string of the molecule is Cc1ccccc1CNC(=O)Cn1c(=O)cc(-c2ccccc2)c2c(C)nn(-c3ccccc3)c21. The highest BCUT2D eigenvalue weighted by atomic mass is 16.2. The molecule has 3 aromatic carbocycles. The molecule has 0 bridgehead atoms. The van der Waals surface area contributed by atoms with Crippen molar-refractivity contribution in [1.29, 1.82) is 0 Å². The summed E-state index contributed by atoms with van der Waals surface area (Å²) < 4.78 is 3.27. The Morgan fingerprint density at radius 2 is 1.54 bits per heavy atom. The predicted octanol–water partition coefficient (Wildman–Crippen LogP) is 4.79. The number of nitrogens with zero attached hydrogens (tertiary/aromatic N) is 3. The Labute approximate surface area is 203 Å². The van der Waals surface area contributed by atoms with Crippen molar-refractivity contribution in [3.05, 3.63) is 118 Å². The molecule has 5 aromatic rings. The molecule has 0 radical (unpaired) electrons. The van der Waals surface area contributed by atoms with Gasteiger partial charge in [-0.1, -0.05) is 72.8 Å². The van der Waals surface area contributed by atoms with Gasteiger partial charge in [0.15, 0.2) is 0 Å². The minimum atomic E-state index is -0.250. The van der Waals surface area contributed by atoms with Crippen LogP contribution >= 0.6 is 0 Å². The molecule has 0 fully saturated rings. The normalized spacial score (nSPS) is 11.0. The number of aromatic nitrogens is 3. The van der Waals surface area contributed by atoms with Gasteiger partial charge in [-0.25, -0.2) is 4.68 Å². The topological polar surface area (TPSA) is 68.9 Å². The Balaban J connectivity index is 1.62. The quantitative estimate of drug-likeness (QED) is 0.395. The molecule has 0 aliphatic rings. The van der Waals surface area contributed by atoms with Gasteiger partial charge in [0.1, 0.15) is 12.2 Å². The largest absolute Gasteiger partial charge is 0.350 e. The molecule has 35 heavy (non-hydrogen) atoms. The number of benzene rings is 3. The van der Waals surface area contributed by atoms with Crippen LogP contribution < -0.4 is 10.9 Å². The molecule has 2 aromatic heterocycles. The summed E-state index contributed by atoms with van der Waals surface area (Å²) in [5.41, 5.74) is 5.86. The van der Waals surface area contributed by atoms with Crippen LogP contribution in [0, 0.1) is 13.8 Å². The van der Waals surface area contributed by atoms with Gasteiger partial charge in [-0.05, 0) is 48.2 Å². The monoisotopic (exact) mass is 462 g/mol. The molecule has 2 heterocycles. The van der Waals surface area contributed by atoms with Crippen molar-refractivity contribution in [2.75, 3.05) is 0 Å². The first-order chi connectivity index (χ1) is 17.0. The van der Waals surface area contributed by atoms with Crippen LogP contribution in [-0.2, 0) is 17.9 Å². The molecule has 6 nitrogen and oxygen atoms in total. The highest BCUT2D eigenvalue weighted by Crippen LogP contribution is 2.31. The molecule has 6 heteroatoms. The zero-order valence-corrected chi connectivity index (χ0v) is 19.7. The maximum Gasteiger partial charge on any atom is 0.253 e. The van der Waals surface area contributed by atoms with Gasteiger partial charge in [0.25, 0.3) is 5.56 Å². The molecule has 0 aliphatic heterocycles. The van der Waals surface area contributed by atoms with Crippen LogP contribution in [0.2, 0.25) is 0 Å². The summed E-state index contributed by atoms with van der Waals surface area (Å²) in [7, 11) is 0. The van der Waals surface area contributed by atoms with E-state index in [9.17, 15) is 9.59 Å². The van der Waals surface area contributed by atoms with Crippen molar-refractivity contribution < 1.29 is 4.79 Å². The Hall–Kier alpha value is -4.45. The van der Waals surface area contributed by atoms with Gasteiger partial charge in [0.2, 0.25) is 5.91 Å². The lowest BCUT2D eigenvalue weighted by atomic mass is 10.0. The summed E-state index contributed by atoms with van der Waals surface area (Å²) in [4.78, 5) is 26.4. The zero-order chi connectivity index (χ0) is 24.4.